The van der Waals surface area contributed by atoms with Crippen LogP contribution in [0.15, 0.2) is 66.7 Å². The lowest BCUT2D eigenvalue weighted by atomic mass is 9.98. The molecule has 0 aliphatic heterocycles. The number of hydrogen-bond acceptors (Lipinski definition) is 5. The van der Waals surface area contributed by atoms with Gasteiger partial charge in [0.25, 0.3) is 0 Å². The number of fused-ring (bicyclic) bond motifs is 3. The first kappa shape index (κ1) is 21.8. The zero-order chi connectivity index (χ0) is 21.6. The summed E-state index contributed by atoms with van der Waals surface area (Å²) in [7, 11) is 1.68. The van der Waals surface area contributed by atoms with E-state index in [-0.39, 0.29) is 5.75 Å². The van der Waals surface area contributed by atoms with Gasteiger partial charge in [-0.2, -0.15) is 0 Å². The van der Waals surface area contributed by atoms with E-state index in [4.69, 9.17) is 18.5 Å². The number of hydrogen-bond donors (Lipinski definition) is 1. The molecule has 1 atom stereocenters. The molecule has 0 aliphatic rings. The van der Waals surface area contributed by atoms with Gasteiger partial charge in [-0.25, -0.2) is 9.19 Å². The van der Waals surface area contributed by atoms with E-state index in [9.17, 15) is 4.21 Å². The predicted octanol–water partition coefficient (Wildman–Crippen LogP) is 5.84. The summed E-state index contributed by atoms with van der Waals surface area (Å²) < 4.78 is 30.4. The normalized spacial score (nSPS) is 12.3. The van der Waals surface area contributed by atoms with Gasteiger partial charge in [0, 0.05) is 22.1 Å². The molecule has 0 fully saturated rings. The topological polar surface area (TPSA) is 68.7 Å². The number of ether oxygens (including phenoxy) is 1. The monoisotopic (exact) mass is 453 g/mol. The summed E-state index contributed by atoms with van der Waals surface area (Å²) in [6.45, 7) is 0.408. The van der Waals surface area contributed by atoms with E-state index in [1.165, 1.54) is 23.0 Å². The van der Waals surface area contributed by atoms with Crippen molar-refractivity contribution in [3.05, 3.63) is 72.3 Å². The van der Waals surface area contributed by atoms with Gasteiger partial charge >= 0.3 is 0 Å². The lowest BCUT2D eigenvalue weighted by Crippen LogP contribution is -2.03. The lowest BCUT2D eigenvalue weighted by Gasteiger charge is -2.12. The number of rotatable bonds is 9. The van der Waals surface area contributed by atoms with Crippen molar-refractivity contribution in [2.45, 2.75) is 12.2 Å². The molecule has 4 aromatic rings. The van der Waals surface area contributed by atoms with Crippen molar-refractivity contribution < 1.29 is 17.7 Å². The van der Waals surface area contributed by atoms with Gasteiger partial charge < -0.3 is 13.5 Å². The van der Waals surface area contributed by atoms with Gasteiger partial charge in [-0.05, 0) is 65.8 Å². The molecule has 5 nitrogen and oxygen atoms in total. The van der Waals surface area contributed by atoms with Gasteiger partial charge in [0.15, 0.2) is 11.1 Å². The molecule has 0 spiro atoms. The molecule has 0 amide bonds. The fourth-order valence-electron chi connectivity index (χ4n) is 3.52. The molecule has 0 saturated carbocycles. The van der Waals surface area contributed by atoms with Gasteiger partial charge in [-0.1, -0.05) is 30.3 Å². The van der Waals surface area contributed by atoms with Crippen LogP contribution in [0, 0.1) is 0 Å². The molecule has 3 aromatic carbocycles. The standard InChI is InChI=1S/C24H23NO4S2/c1-28-30-16-17-7-12-21-22(15-17)20-5-2-3-6-23(20)25-24(21)18-8-10-19(11-9-18)29-13-4-14-31(26)27/h2-3,5-12,15H,4,13-14,16H2,1H3,(H,26,27). The van der Waals surface area contributed by atoms with E-state index in [1.54, 1.807) is 7.11 Å². The molecule has 31 heavy (non-hydrogen) atoms. The number of nitrogens with zero attached hydrogens (tertiary/aromatic N) is 1. The van der Waals surface area contributed by atoms with Crippen molar-refractivity contribution in [2.75, 3.05) is 19.5 Å². The Kier molecular flexibility index (Phi) is 7.19. The van der Waals surface area contributed by atoms with E-state index in [2.05, 4.69) is 24.3 Å². The summed E-state index contributed by atoms with van der Waals surface area (Å²) in [5, 5.41) is 3.41. The number of para-hydroxylation sites is 1. The van der Waals surface area contributed by atoms with Crippen LogP contribution in [0.5, 0.6) is 5.75 Å². The van der Waals surface area contributed by atoms with Gasteiger partial charge in [0.2, 0.25) is 0 Å². The molecule has 1 N–H and O–H groups in total. The lowest BCUT2D eigenvalue weighted by molar-refractivity contribution is 0.317. The third-order valence-corrected chi connectivity index (χ3v) is 6.29. The zero-order valence-corrected chi connectivity index (χ0v) is 18.7. The summed E-state index contributed by atoms with van der Waals surface area (Å²) in [6.07, 6.45) is 0.533. The maximum absolute atomic E-state index is 10.7. The molecule has 1 aromatic heterocycles. The summed E-state index contributed by atoms with van der Waals surface area (Å²) >= 11 is -0.351. The first-order chi connectivity index (χ1) is 15.2. The SMILES string of the molecule is COSCc1ccc2c(-c3ccc(OCCCS(=O)O)cc3)nc3ccccc3c2c1. The van der Waals surface area contributed by atoms with Crippen molar-refractivity contribution >= 4 is 44.8 Å². The van der Waals surface area contributed by atoms with Crippen LogP contribution < -0.4 is 4.74 Å². The van der Waals surface area contributed by atoms with Gasteiger partial charge in [-0.15, -0.1) is 0 Å². The Hall–Kier alpha value is -2.45. The number of benzene rings is 3. The van der Waals surface area contributed by atoms with E-state index >= 15 is 0 Å². The summed E-state index contributed by atoms with van der Waals surface area (Å²) in [5.74, 6) is 1.74. The first-order valence-electron chi connectivity index (χ1n) is 9.93. The second-order valence-electron chi connectivity index (χ2n) is 7.04. The molecule has 1 heterocycles. The highest BCUT2D eigenvalue weighted by Gasteiger charge is 2.11. The highest BCUT2D eigenvalue weighted by molar-refractivity contribution is 7.93. The third-order valence-electron chi connectivity index (χ3n) is 4.97. The minimum absolute atomic E-state index is 0.218. The van der Waals surface area contributed by atoms with Crippen LogP contribution >= 0.6 is 12.0 Å². The summed E-state index contributed by atoms with van der Waals surface area (Å²) in [5.41, 5.74) is 4.11. The molecule has 7 heteroatoms. The fraction of sp³-hybridized carbons (Fsp3) is 0.208. The molecule has 0 aliphatic carbocycles. The van der Waals surface area contributed by atoms with Crippen LogP contribution in [0.3, 0.4) is 0 Å². The average Bonchev–Trinajstić information content (AvgIpc) is 2.80. The van der Waals surface area contributed by atoms with Crippen molar-refractivity contribution in [3.63, 3.8) is 0 Å². The average molecular weight is 454 g/mol. The van der Waals surface area contributed by atoms with Gasteiger partial charge in [0.1, 0.15) is 5.75 Å². The van der Waals surface area contributed by atoms with Crippen LogP contribution in [0.1, 0.15) is 12.0 Å². The highest BCUT2D eigenvalue weighted by atomic mass is 32.2. The zero-order valence-electron chi connectivity index (χ0n) is 17.1. The largest absolute Gasteiger partial charge is 0.494 e. The van der Waals surface area contributed by atoms with Crippen LogP contribution in [0.2, 0.25) is 0 Å². The Balaban J connectivity index is 1.68. The Morgan fingerprint density at radius 2 is 1.81 bits per heavy atom. The highest BCUT2D eigenvalue weighted by Crippen LogP contribution is 2.34. The Morgan fingerprint density at radius 1 is 1.00 bits per heavy atom. The van der Waals surface area contributed by atoms with E-state index < -0.39 is 11.1 Å². The van der Waals surface area contributed by atoms with E-state index in [0.717, 1.165) is 39.0 Å². The molecule has 0 radical (unpaired) electrons. The fourth-order valence-corrected chi connectivity index (χ4v) is 4.32. The summed E-state index contributed by atoms with van der Waals surface area (Å²) in [6, 6.07) is 22.5. The van der Waals surface area contributed by atoms with Crippen molar-refractivity contribution in [1.29, 1.82) is 0 Å². The van der Waals surface area contributed by atoms with Crippen LogP contribution in [-0.2, 0) is 21.0 Å². The molecule has 0 saturated heterocycles. The maximum atomic E-state index is 10.7. The maximum Gasteiger partial charge on any atom is 0.152 e. The third kappa shape index (κ3) is 5.25. The minimum Gasteiger partial charge on any atom is -0.494 e. The van der Waals surface area contributed by atoms with E-state index in [1.807, 2.05) is 42.5 Å². The van der Waals surface area contributed by atoms with Gasteiger partial charge in [0.05, 0.1) is 30.7 Å². The van der Waals surface area contributed by atoms with E-state index in [0.29, 0.717) is 13.0 Å². The van der Waals surface area contributed by atoms with Crippen LogP contribution in [-0.4, -0.2) is 33.2 Å². The van der Waals surface area contributed by atoms with Crippen molar-refractivity contribution in [1.82, 2.24) is 4.98 Å². The first-order valence-corrected chi connectivity index (χ1v) is 12.1. The quantitative estimate of drug-likeness (QED) is 0.149. The Bertz CT molecular complexity index is 1210. The minimum atomic E-state index is -1.78. The van der Waals surface area contributed by atoms with Crippen LogP contribution in [0.4, 0.5) is 0 Å². The summed E-state index contributed by atoms with van der Waals surface area (Å²) in [4.78, 5) is 4.96. The molecule has 160 valence electrons. The predicted molar refractivity (Wildman–Crippen MR) is 129 cm³/mol. The Labute approximate surface area is 188 Å². The number of aromatic nitrogens is 1. The second-order valence-corrected chi connectivity index (χ2v) is 8.95. The molecule has 1 unspecified atom stereocenters. The van der Waals surface area contributed by atoms with Gasteiger partial charge in [-0.3, -0.25) is 0 Å². The molecule has 4 rings (SSSR count). The Morgan fingerprint density at radius 3 is 2.58 bits per heavy atom. The van der Waals surface area contributed by atoms with Crippen molar-refractivity contribution in [2.24, 2.45) is 0 Å². The second kappa shape index (κ2) is 10.2. The molecule has 0 bridgehead atoms. The smallest absolute Gasteiger partial charge is 0.152 e. The molecular formula is C24H23NO4S2. The van der Waals surface area contributed by atoms with Crippen molar-refractivity contribution in [3.8, 4) is 17.0 Å². The number of pyridine rings is 1. The van der Waals surface area contributed by atoms with Crippen LogP contribution in [0.25, 0.3) is 32.9 Å². The molecular weight excluding hydrogens is 430 g/mol.